The van der Waals surface area contributed by atoms with E-state index in [4.69, 9.17) is 0 Å². The van der Waals surface area contributed by atoms with E-state index >= 15 is 0 Å². The second-order valence-corrected chi connectivity index (χ2v) is 7.13. The number of anilines is 1. The molecule has 5 heteroatoms. The van der Waals surface area contributed by atoms with Crippen LogP contribution in [-0.2, 0) is 0 Å². The maximum atomic E-state index is 12.5. The van der Waals surface area contributed by atoms with E-state index in [1.54, 1.807) is 12.3 Å². The molecule has 1 aliphatic rings. The lowest BCUT2D eigenvalue weighted by molar-refractivity contribution is 0.0764. The SMILES string of the molecule is CNc1cc(C(=O)N2CCSC(C)(C)CC2)ccn1. The number of hydrogen-bond acceptors (Lipinski definition) is 4. The number of rotatable bonds is 2. The second kappa shape index (κ2) is 5.82. The maximum absolute atomic E-state index is 12.5. The third-order valence-corrected chi connectivity index (χ3v) is 4.76. The van der Waals surface area contributed by atoms with Crippen LogP contribution >= 0.6 is 11.8 Å². The third kappa shape index (κ3) is 3.62. The second-order valence-electron chi connectivity index (χ2n) is 5.33. The van der Waals surface area contributed by atoms with Crippen molar-refractivity contribution in [3.63, 3.8) is 0 Å². The Labute approximate surface area is 119 Å². The molecule has 0 bridgehead atoms. The first kappa shape index (κ1) is 14.2. The Kier molecular flexibility index (Phi) is 4.34. The molecule has 2 rings (SSSR count). The summed E-state index contributed by atoms with van der Waals surface area (Å²) in [5, 5.41) is 2.96. The Morgan fingerprint density at radius 1 is 1.47 bits per heavy atom. The van der Waals surface area contributed by atoms with Gasteiger partial charge >= 0.3 is 0 Å². The lowest BCUT2D eigenvalue weighted by atomic mass is 10.1. The predicted octanol–water partition coefficient (Wildman–Crippen LogP) is 2.48. The van der Waals surface area contributed by atoms with Crippen molar-refractivity contribution in [1.82, 2.24) is 9.88 Å². The molecular formula is C14H21N3OS. The summed E-state index contributed by atoms with van der Waals surface area (Å²) in [4.78, 5) is 18.6. The molecule has 0 aliphatic carbocycles. The number of carbonyl (C=O) groups is 1. The number of nitrogens with one attached hydrogen (secondary N) is 1. The van der Waals surface area contributed by atoms with Crippen LogP contribution in [0, 0.1) is 0 Å². The van der Waals surface area contributed by atoms with Crippen molar-refractivity contribution in [2.75, 3.05) is 31.2 Å². The Bertz CT molecular complexity index is 462. The smallest absolute Gasteiger partial charge is 0.254 e. The molecule has 0 aromatic carbocycles. The van der Waals surface area contributed by atoms with Gasteiger partial charge in [0.1, 0.15) is 5.82 Å². The molecule has 4 nitrogen and oxygen atoms in total. The van der Waals surface area contributed by atoms with Crippen LogP contribution in [0.1, 0.15) is 30.6 Å². The molecule has 1 fully saturated rings. The van der Waals surface area contributed by atoms with E-state index in [1.807, 2.05) is 29.8 Å². The molecule has 0 radical (unpaired) electrons. The van der Waals surface area contributed by atoms with Crippen LogP contribution in [0.15, 0.2) is 18.3 Å². The molecule has 0 saturated carbocycles. The minimum absolute atomic E-state index is 0.109. The largest absolute Gasteiger partial charge is 0.373 e. The van der Waals surface area contributed by atoms with Crippen molar-refractivity contribution in [3.05, 3.63) is 23.9 Å². The third-order valence-electron chi connectivity index (χ3n) is 3.39. The average Bonchev–Trinajstić information content (AvgIpc) is 2.59. The fourth-order valence-corrected chi connectivity index (χ4v) is 3.21. The van der Waals surface area contributed by atoms with Gasteiger partial charge in [0.2, 0.25) is 0 Å². The van der Waals surface area contributed by atoms with Gasteiger partial charge < -0.3 is 10.2 Å². The highest BCUT2D eigenvalue weighted by atomic mass is 32.2. The molecule has 19 heavy (non-hydrogen) atoms. The summed E-state index contributed by atoms with van der Waals surface area (Å²) in [6, 6.07) is 3.60. The van der Waals surface area contributed by atoms with Crippen molar-refractivity contribution in [3.8, 4) is 0 Å². The van der Waals surface area contributed by atoms with Crippen LogP contribution in [-0.4, -0.2) is 46.4 Å². The molecule has 0 unspecified atom stereocenters. The van der Waals surface area contributed by atoms with Gasteiger partial charge in [-0.1, -0.05) is 13.8 Å². The summed E-state index contributed by atoms with van der Waals surface area (Å²) in [5.41, 5.74) is 0.712. The summed E-state index contributed by atoms with van der Waals surface area (Å²) >= 11 is 1.95. The Morgan fingerprint density at radius 3 is 3.00 bits per heavy atom. The molecule has 1 saturated heterocycles. The van der Waals surface area contributed by atoms with Crippen LogP contribution < -0.4 is 5.32 Å². The maximum Gasteiger partial charge on any atom is 0.254 e. The van der Waals surface area contributed by atoms with Crippen molar-refractivity contribution >= 4 is 23.5 Å². The molecule has 0 spiro atoms. The quantitative estimate of drug-likeness (QED) is 0.903. The van der Waals surface area contributed by atoms with Crippen LogP contribution in [0.2, 0.25) is 0 Å². The predicted molar refractivity (Wildman–Crippen MR) is 80.8 cm³/mol. The van der Waals surface area contributed by atoms with Crippen LogP contribution in [0.3, 0.4) is 0 Å². The lowest BCUT2D eigenvalue weighted by Crippen LogP contribution is -2.33. The average molecular weight is 279 g/mol. The topological polar surface area (TPSA) is 45.2 Å². The molecule has 2 heterocycles. The summed E-state index contributed by atoms with van der Waals surface area (Å²) in [6.07, 6.45) is 2.71. The van der Waals surface area contributed by atoms with E-state index in [2.05, 4.69) is 24.1 Å². The molecule has 1 aromatic rings. The highest BCUT2D eigenvalue weighted by Crippen LogP contribution is 2.31. The molecule has 1 aromatic heterocycles. The Morgan fingerprint density at radius 2 is 2.26 bits per heavy atom. The summed E-state index contributed by atoms with van der Waals surface area (Å²) in [6.45, 7) is 6.15. The first-order chi connectivity index (χ1) is 9.02. The summed E-state index contributed by atoms with van der Waals surface area (Å²) < 4.78 is 0.267. The number of amides is 1. The monoisotopic (exact) mass is 279 g/mol. The minimum Gasteiger partial charge on any atom is -0.373 e. The van der Waals surface area contributed by atoms with E-state index in [-0.39, 0.29) is 10.7 Å². The summed E-state index contributed by atoms with van der Waals surface area (Å²) in [5.74, 6) is 1.84. The Balaban J connectivity index is 2.10. The van der Waals surface area contributed by atoms with Gasteiger partial charge in [-0.3, -0.25) is 4.79 Å². The minimum atomic E-state index is 0.109. The van der Waals surface area contributed by atoms with Crippen LogP contribution in [0.25, 0.3) is 0 Å². The number of thioether (sulfide) groups is 1. The zero-order valence-electron chi connectivity index (χ0n) is 11.8. The number of nitrogens with zero attached hydrogens (tertiary/aromatic N) is 2. The fraction of sp³-hybridized carbons (Fsp3) is 0.571. The fourth-order valence-electron chi connectivity index (χ4n) is 2.11. The molecular weight excluding hydrogens is 258 g/mol. The van der Waals surface area contributed by atoms with Gasteiger partial charge in [-0.05, 0) is 18.6 Å². The lowest BCUT2D eigenvalue weighted by Gasteiger charge is -2.22. The number of carbonyl (C=O) groups excluding carboxylic acids is 1. The Hall–Kier alpha value is -1.23. The van der Waals surface area contributed by atoms with Crippen molar-refractivity contribution in [2.24, 2.45) is 0 Å². The molecule has 104 valence electrons. The van der Waals surface area contributed by atoms with Gasteiger partial charge in [0.05, 0.1) is 0 Å². The van der Waals surface area contributed by atoms with Crippen molar-refractivity contribution in [1.29, 1.82) is 0 Å². The van der Waals surface area contributed by atoms with E-state index in [9.17, 15) is 4.79 Å². The van der Waals surface area contributed by atoms with Gasteiger partial charge in [-0.25, -0.2) is 4.98 Å². The van der Waals surface area contributed by atoms with Gasteiger partial charge in [-0.15, -0.1) is 0 Å². The number of hydrogen-bond donors (Lipinski definition) is 1. The van der Waals surface area contributed by atoms with E-state index < -0.39 is 0 Å². The highest BCUT2D eigenvalue weighted by molar-refractivity contribution is 8.00. The number of pyridine rings is 1. The van der Waals surface area contributed by atoms with E-state index in [1.165, 1.54) is 0 Å². The molecule has 1 N–H and O–H groups in total. The number of aromatic nitrogens is 1. The first-order valence-corrected chi connectivity index (χ1v) is 7.57. The van der Waals surface area contributed by atoms with Gasteiger partial charge in [0.25, 0.3) is 5.91 Å². The van der Waals surface area contributed by atoms with Crippen LogP contribution in [0.4, 0.5) is 5.82 Å². The van der Waals surface area contributed by atoms with Gasteiger partial charge in [0, 0.05) is 42.4 Å². The zero-order chi connectivity index (χ0) is 13.9. The van der Waals surface area contributed by atoms with E-state index in [0.717, 1.165) is 31.1 Å². The molecule has 0 atom stereocenters. The van der Waals surface area contributed by atoms with Gasteiger partial charge in [-0.2, -0.15) is 11.8 Å². The molecule has 1 aliphatic heterocycles. The standard InChI is InChI=1S/C14H21N3OS/c1-14(2)5-7-17(8-9-19-14)13(18)11-4-6-16-12(10-11)15-3/h4,6,10H,5,7-9H2,1-3H3,(H,15,16). The van der Waals surface area contributed by atoms with Crippen molar-refractivity contribution in [2.45, 2.75) is 25.0 Å². The first-order valence-electron chi connectivity index (χ1n) is 6.59. The van der Waals surface area contributed by atoms with Gasteiger partial charge in [0.15, 0.2) is 0 Å². The van der Waals surface area contributed by atoms with Crippen LogP contribution in [0.5, 0.6) is 0 Å². The van der Waals surface area contributed by atoms with Crippen molar-refractivity contribution < 1.29 is 4.79 Å². The normalized spacial score (nSPS) is 18.8. The zero-order valence-corrected chi connectivity index (χ0v) is 12.6. The van der Waals surface area contributed by atoms with E-state index in [0.29, 0.717) is 5.56 Å². The molecule has 1 amide bonds. The summed E-state index contributed by atoms with van der Waals surface area (Å²) in [7, 11) is 1.81. The highest BCUT2D eigenvalue weighted by Gasteiger charge is 2.26.